The van der Waals surface area contributed by atoms with Gasteiger partial charge in [-0.25, -0.2) is 0 Å². The van der Waals surface area contributed by atoms with E-state index in [1.165, 1.54) is 25.3 Å². The smallest absolute Gasteiger partial charge is 0.295 e. The van der Waals surface area contributed by atoms with Gasteiger partial charge >= 0.3 is 0 Å². The highest BCUT2D eigenvalue weighted by Crippen LogP contribution is 2.33. The minimum absolute atomic E-state index is 0.0386. The van der Waals surface area contributed by atoms with Crippen LogP contribution < -0.4 is 15.2 Å². The third kappa shape index (κ3) is 4.15. The molecule has 0 atom stereocenters. The highest BCUT2D eigenvalue weighted by molar-refractivity contribution is 5.94. The minimum atomic E-state index is -0.529. The van der Waals surface area contributed by atoms with Crippen LogP contribution in [0.3, 0.4) is 0 Å². The number of rotatable bonds is 5. The standard InChI is InChI=1S/C25H22N4O6/c1-34-19-13-16(12-18(30)15-19)24-20-4-2-3-5-21(20)25(31)28(26-24)23-14-17(6-7-22(23)29(32)33)27-8-10-35-11-9-27/h2-7,12-15,30H,8-11H2,1H3. The second kappa shape index (κ2) is 9.07. The van der Waals surface area contributed by atoms with E-state index in [-0.39, 0.29) is 17.1 Å². The quantitative estimate of drug-likeness (QED) is 0.345. The molecule has 0 amide bonds. The van der Waals surface area contributed by atoms with Crippen LogP contribution in [-0.2, 0) is 4.74 Å². The highest BCUT2D eigenvalue weighted by Gasteiger charge is 2.23. The van der Waals surface area contributed by atoms with Crippen LogP contribution in [0.5, 0.6) is 11.5 Å². The van der Waals surface area contributed by atoms with E-state index in [2.05, 4.69) is 5.10 Å². The van der Waals surface area contributed by atoms with Gasteiger partial charge in [-0.05, 0) is 30.3 Å². The first-order chi connectivity index (χ1) is 17.0. The number of hydrogen-bond acceptors (Lipinski definition) is 8. The van der Waals surface area contributed by atoms with E-state index >= 15 is 0 Å². The largest absolute Gasteiger partial charge is 0.508 e. The highest BCUT2D eigenvalue weighted by atomic mass is 16.6. The normalized spacial score (nSPS) is 13.7. The lowest BCUT2D eigenvalue weighted by Gasteiger charge is -2.29. The Balaban J connectivity index is 1.79. The Morgan fingerprint density at radius 2 is 1.80 bits per heavy atom. The van der Waals surface area contributed by atoms with E-state index in [0.717, 1.165) is 10.4 Å². The molecule has 1 N–H and O–H groups in total. The lowest BCUT2D eigenvalue weighted by atomic mass is 10.0. The van der Waals surface area contributed by atoms with E-state index in [1.54, 1.807) is 42.5 Å². The molecule has 1 aliphatic rings. The summed E-state index contributed by atoms with van der Waals surface area (Å²) < 4.78 is 11.8. The van der Waals surface area contributed by atoms with Crippen LogP contribution >= 0.6 is 0 Å². The van der Waals surface area contributed by atoms with Crippen molar-refractivity contribution >= 4 is 22.1 Å². The number of aromatic nitrogens is 2. The molecule has 1 fully saturated rings. The maximum Gasteiger partial charge on any atom is 0.295 e. The fourth-order valence-corrected chi connectivity index (χ4v) is 4.26. The van der Waals surface area contributed by atoms with E-state index in [1.807, 2.05) is 4.90 Å². The van der Waals surface area contributed by atoms with Crippen molar-refractivity contribution in [2.45, 2.75) is 0 Å². The van der Waals surface area contributed by atoms with Crippen LogP contribution in [0, 0.1) is 10.1 Å². The summed E-state index contributed by atoms with van der Waals surface area (Å²) in [6, 6.07) is 16.2. The molecule has 4 aromatic rings. The molecule has 2 heterocycles. The Morgan fingerprint density at radius 1 is 1.06 bits per heavy atom. The number of nitro groups is 1. The van der Waals surface area contributed by atoms with Crippen molar-refractivity contribution in [3.05, 3.63) is 81.1 Å². The predicted molar refractivity (Wildman–Crippen MR) is 131 cm³/mol. The molecule has 0 radical (unpaired) electrons. The summed E-state index contributed by atoms with van der Waals surface area (Å²) in [6.07, 6.45) is 0. The number of morpholine rings is 1. The molecule has 35 heavy (non-hydrogen) atoms. The molecule has 1 aromatic heterocycles. The predicted octanol–water partition coefficient (Wildman–Crippen LogP) is 3.51. The van der Waals surface area contributed by atoms with Crippen molar-refractivity contribution in [3.63, 3.8) is 0 Å². The number of anilines is 1. The Kier molecular flexibility index (Phi) is 5.79. The van der Waals surface area contributed by atoms with Gasteiger partial charge in [0, 0.05) is 41.9 Å². The average molecular weight is 474 g/mol. The summed E-state index contributed by atoms with van der Waals surface area (Å²) in [7, 11) is 1.48. The molecule has 0 aliphatic carbocycles. The number of nitrogens with zero attached hydrogens (tertiary/aromatic N) is 4. The van der Waals surface area contributed by atoms with Crippen molar-refractivity contribution in [3.8, 4) is 28.4 Å². The molecule has 0 saturated carbocycles. The number of methoxy groups -OCH3 is 1. The van der Waals surface area contributed by atoms with Gasteiger partial charge in [0.25, 0.3) is 11.2 Å². The Bertz CT molecular complexity index is 1490. The van der Waals surface area contributed by atoms with Gasteiger partial charge in [-0.15, -0.1) is 0 Å². The summed E-state index contributed by atoms with van der Waals surface area (Å²) >= 11 is 0. The Morgan fingerprint density at radius 3 is 2.51 bits per heavy atom. The molecular formula is C25H22N4O6. The molecule has 0 spiro atoms. The third-order valence-electron chi connectivity index (χ3n) is 5.97. The monoisotopic (exact) mass is 474 g/mol. The van der Waals surface area contributed by atoms with Gasteiger partial charge < -0.3 is 19.5 Å². The summed E-state index contributed by atoms with van der Waals surface area (Å²) in [6.45, 7) is 2.35. The summed E-state index contributed by atoms with van der Waals surface area (Å²) in [5.74, 6) is 0.368. The van der Waals surface area contributed by atoms with E-state index in [9.17, 15) is 20.0 Å². The number of phenols is 1. The maximum atomic E-state index is 13.5. The SMILES string of the molecule is COc1cc(O)cc(-c2nn(-c3cc(N4CCOCC4)ccc3[N+](=O)[O-])c(=O)c3ccccc23)c1. The summed E-state index contributed by atoms with van der Waals surface area (Å²) in [5, 5.41) is 27.6. The molecule has 0 unspecified atom stereocenters. The molecule has 1 saturated heterocycles. The number of aromatic hydroxyl groups is 1. The van der Waals surface area contributed by atoms with Crippen LogP contribution in [0.25, 0.3) is 27.7 Å². The number of hydrogen-bond donors (Lipinski definition) is 1. The Hall–Kier alpha value is -4.44. The summed E-state index contributed by atoms with van der Waals surface area (Å²) in [4.78, 5) is 27.0. The van der Waals surface area contributed by atoms with Crippen LogP contribution in [0.2, 0.25) is 0 Å². The molecule has 5 rings (SSSR count). The maximum absolute atomic E-state index is 13.5. The van der Waals surface area contributed by atoms with Gasteiger partial charge in [0.15, 0.2) is 0 Å². The van der Waals surface area contributed by atoms with Crippen molar-refractivity contribution in [1.82, 2.24) is 9.78 Å². The zero-order valence-corrected chi connectivity index (χ0v) is 18.9. The minimum Gasteiger partial charge on any atom is -0.508 e. The average Bonchev–Trinajstić information content (AvgIpc) is 2.88. The third-order valence-corrected chi connectivity index (χ3v) is 5.97. The molecule has 3 aromatic carbocycles. The number of phenolic OH excluding ortho intramolecular Hbond substituents is 1. The fraction of sp³-hybridized carbons (Fsp3) is 0.200. The first kappa shape index (κ1) is 22.4. The van der Waals surface area contributed by atoms with Gasteiger partial charge in [-0.2, -0.15) is 9.78 Å². The zero-order valence-electron chi connectivity index (χ0n) is 18.9. The molecule has 10 heteroatoms. The molecule has 0 bridgehead atoms. The number of fused-ring (bicyclic) bond motifs is 1. The lowest BCUT2D eigenvalue weighted by molar-refractivity contribution is -0.384. The molecular weight excluding hydrogens is 452 g/mol. The first-order valence-corrected chi connectivity index (χ1v) is 11.0. The number of ether oxygens (including phenoxy) is 2. The summed E-state index contributed by atoms with van der Waals surface area (Å²) in [5.41, 5.74) is 0.934. The van der Waals surface area contributed by atoms with Crippen LogP contribution in [0.1, 0.15) is 0 Å². The van der Waals surface area contributed by atoms with Gasteiger partial charge in [-0.3, -0.25) is 14.9 Å². The molecule has 1 aliphatic heterocycles. The van der Waals surface area contributed by atoms with Crippen molar-refractivity contribution in [2.75, 3.05) is 38.3 Å². The van der Waals surface area contributed by atoms with E-state index < -0.39 is 10.5 Å². The Labute approximate surface area is 199 Å². The fourth-order valence-electron chi connectivity index (χ4n) is 4.26. The number of benzene rings is 3. The van der Waals surface area contributed by atoms with Crippen LogP contribution in [0.4, 0.5) is 11.4 Å². The van der Waals surface area contributed by atoms with Crippen molar-refractivity contribution < 1.29 is 19.5 Å². The van der Waals surface area contributed by atoms with Crippen molar-refractivity contribution in [2.24, 2.45) is 0 Å². The second-order valence-electron chi connectivity index (χ2n) is 8.06. The van der Waals surface area contributed by atoms with Crippen LogP contribution in [-0.4, -0.2) is 53.2 Å². The van der Waals surface area contributed by atoms with Crippen molar-refractivity contribution in [1.29, 1.82) is 0 Å². The molecule has 178 valence electrons. The van der Waals surface area contributed by atoms with E-state index in [0.29, 0.717) is 54.1 Å². The van der Waals surface area contributed by atoms with Gasteiger partial charge in [-0.1, -0.05) is 18.2 Å². The van der Waals surface area contributed by atoms with Crippen LogP contribution in [0.15, 0.2) is 65.5 Å². The van der Waals surface area contributed by atoms with Gasteiger partial charge in [0.05, 0.1) is 36.3 Å². The lowest BCUT2D eigenvalue weighted by Crippen LogP contribution is -2.36. The first-order valence-electron chi connectivity index (χ1n) is 11.0. The molecule has 10 nitrogen and oxygen atoms in total. The van der Waals surface area contributed by atoms with Gasteiger partial charge in [0.1, 0.15) is 17.2 Å². The van der Waals surface area contributed by atoms with E-state index in [4.69, 9.17) is 9.47 Å². The van der Waals surface area contributed by atoms with Gasteiger partial charge in [0.2, 0.25) is 0 Å². The second-order valence-corrected chi connectivity index (χ2v) is 8.06. The number of nitro benzene ring substituents is 1. The zero-order chi connectivity index (χ0) is 24.5. The topological polar surface area (TPSA) is 120 Å².